The smallest absolute Gasteiger partial charge is 0.354 e. The Hall–Kier alpha value is -2.66. The number of carbonyl (C=O) groups excluding carboxylic acids is 1. The van der Waals surface area contributed by atoms with Gasteiger partial charge in [0.1, 0.15) is 17.2 Å². The highest BCUT2D eigenvalue weighted by atomic mass is 32.2. The van der Waals surface area contributed by atoms with Crippen LogP contribution in [-0.4, -0.2) is 53.2 Å². The number of hydrogen-bond acceptors (Lipinski definition) is 6. The third-order valence-corrected chi connectivity index (χ3v) is 5.25. The van der Waals surface area contributed by atoms with Gasteiger partial charge in [-0.05, 0) is 12.1 Å². The number of carboxylic acids is 1. The minimum absolute atomic E-state index is 0.00167. The molecule has 25 heavy (non-hydrogen) atoms. The number of nitrogens with zero attached hydrogens (tertiary/aromatic N) is 2. The number of aromatic amines is 1. The van der Waals surface area contributed by atoms with Crippen LogP contribution in [0.15, 0.2) is 16.5 Å². The predicted molar refractivity (Wildman–Crippen MR) is 85.7 cm³/mol. The van der Waals surface area contributed by atoms with E-state index in [1.807, 2.05) is 0 Å². The molecule has 2 aromatic rings. The third-order valence-electron chi connectivity index (χ3n) is 3.98. The minimum atomic E-state index is -3.37. The Kier molecular flexibility index (Phi) is 4.13. The summed E-state index contributed by atoms with van der Waals surface area (Å²) < 4.78 is 29.8. The molecule has 0 saturated heterocycles. The number of nitrogens with one attached hydrogen (secondary N) is 2. The minimum Gasteiger partial charge on any atom is -0.477 e. The Balaban J connectivity index is 1.95. The molecule has 2 aromatic heterocycles. The molecule has 134 valence electrons. The molecular weight excluding hydrogens is 352 g/mol. The number of carbonyl (C=O) groups is 2. The van der Waals surface area contributed by atoms with E-state index in [1.54, 1.807) is 12.1 Å². The van der Waals surface area contributed by atoms with Crippen LogP contribution >= 0.6 is 0 Å². The second kappa shape index (κ2) is 6.01. The standard InChI is InChI=1S/C14H16N4O6S/c1-18(25(2,22)23)6-7-3-4-9(24-7)8-5-10(19)15-13-11(8)12(14(20)21)16-17-13/h3-4,8H,5-6H2,1-2H3,(H,20,21)(H2,15,16,17,19). The van der Waals surface area contributed by atoms with E-state index in [9.17, 15) is 23.1 Å². The number of anilines is 1. The lowest BCUT2D eigenvalue weighted by atomic mass is 9.90. The van der Waals surface area contributed by atoms with Gasteiger partial charge in [0.05, 0.1) is 18.7 Å². The first-order chi connectivity index (χ1) is 11.7. The maximum absolute atomic E-state index is 11.9. The summed E-state index contributed by atoms with van der Waals surface area (Å²) >= 11 is 0. The molecule has 1 amide bonds. The zero-order chi connectivity index (χ0) is 18.4. The molecule has 3 heterocycles. The monoisotopic (exact) mass is 368 g/mol. The van der Waals surface area contributed by atoms with Crippen molar-refractivity contribution in [2.24, 2.45) is 0 Å². The average Bonchev–Trinajstić information content (AvgIpc) is 3.11. The number of carboxylic acid groups (broad SMARTS) is 1. The van der Waals surface area contributed by atoms with Gasteiger partial charge >= 0.3 is 5.97 Å². The molecule has 0 spiro atoms. The van der Waals surface area contributed by atoms with E-state index in [1.165, 1.54) is 7.05 Å². The first kappa shape index (κ1) is 17.2. The van der Waals surface area contributed by atoms with Gasteiger partial charge in [-0.25, -0.2) is 13.2 Å². The average molecular weight is 368 g/mol. The molecule has 0 bridgehead atoms. The van der Waals surface area contributed by atoms with Gasteiger partial charge in [0.25, 0.3) is 0 Å². The molecule has 0 saturated carbocycles. The second-order valence-electron chi connectivity index (χ2n) is 5.79. The summed E-state index contributed by atoms with van der Waals surface area (Å²) in [6, 6.07) is 3.21. The number of aromatic carboxylic acids is 1. The molecule has 1 aliphatic heterocycles. The van der Waals surface area contributed by atoms with Crippen LogP contribution in [0, 0.1) is 0 Å². The Morgan fingerprint density at radius 2 is 2.20 bits per heavy atom. The van der Waals surface area contributed by atoms with Crippen molar-refractivity contribution < 1.29 is 27.5 Å². The molecule has 1 aliphatic rings. The highest BCUT2D eigenvalue weighted by Gasteiger charge is 2.35. The molecule has 10 nitrogen and oxygen atoms in total. The summed E-state index contributed by atoms with van der Waals surface area (Å²) in [6.07, 6.45) is 1.08. The fourth-order valence-corrected chi connectivity index (χ4v) is 3.03. The number of hydrogen-bond donors (Lipinski definition) is 3. The number of fused-ring (bicyclic) bond motifs is 1. The molecule has 11 heteroatoms. The first-order valence-electron chi connectivity index (χ1n) is 7.28. The van der Waals surface area contributed by atoms with Crippen molar-refractivity contribution in [3.8, 4) is 0 Å². The van der Waals surface area contributed by atoms with Crippen LogP contribution in [0.4, 0.5) is 5.82 Å². The first-order valence-corrected chi connectivity index (χ1v) is 9.13. The summed E-state index contributed by atoms with van der Waals surface area (Å²) in [5, 5.41) is 18.0. The van der Waals surface area contributed by atoms with E-state index in [-0.39, 0.29) is 30.4 Å². The van der Waals surface area contributed by atoms with Crippen LogP contribution in [0.2, 0.25) is 0 Å². The molecule has 0 aliphatic carbocycles. The summed E-state index contributed by atoms with van der Waals surface area (Å²) in [5.41, 5.74) is 0.218. The quantitative estimate of drug-likeness (QED) is 0.699. The van der Waals surface area contributed by atoms with E-state index in [2.05, 4.69) is 15.5 Å². The van der Waals surface area contributed by atoms with Crippen molar-refractivity contribution in [1.29, 1.82) is 0 Å². The molecule has 1 atom stereocenters. The van der Waals surface area contributed by atoms with Crippen molar-refractivity contribution in [2.75, 3.05) is 18.6 Å². The molecule has 0 fully saturated rings. The summed E-state index contributed by atoms with van der Waals surface area (Å²) in [6.45, 7) is 0.0295. The maximum atomic E-state index is 11.9. The Bertz CT molecular complexity index is 944. The lowest BCUT2D eigenvalue weighted by Gasteiger charge is -2.20. The van der Waals surface area contributed by atoms with Gasteiger partial charge in [-0.2, -0.15) is 9.40 Å². The van der Waals surface area contributed by atoms with E-state index in [4.69, 9.17) is 4.42 Å². The molecule has 3 N–H and O–H groups in total. The van der Waals surface area contributed by atoms with E-state index in [0.29, 0.717) is 17.1 Å². The number of aromatic nitrogens is 2. The summed E-state index contributed by atoms with van der Waals surface area (Å²) in [7, 11) is -1.95. The molecule has 1 unspecified atom stereocenters. The number of rotatable bonds is 5. The molecular formula is C14H16N4O6S. The van der Waals surface area contributed by atoms with Gasteiger partial charge < -0.3 is 14.8 Å². The lowest BCUT2D eigenvalue weighted by molar-refractivity contribution is -0.116. The maximum Gasteiger partial charge on any atom is 0.354 e. The molecule has 0 radical (unpaired) electrons. The van der Waals surface area contributed by atoms with Crippen molar-refractivity contribution in [3.63, 3.8) is 0 Å². The molecule has 3 rings (SSSR count). The van der Waals surface area contributed by atoms with Gasteiger partial charge in [0, 0.05) is 19.0 Å². The van der Waals surface area contributed by atoms with Crippen LogP contribution in [0.25, 0.3) is 0 Å². The van der Waals surface area contributed by atoms with Gasteiger partial charge in [-0.15, -0.1) is 0 Å². The Morgan fingerprint density at radius 3 is 2.84 bits per heavy atom. The lowest BCUT2D eigenvalue weighted by Crippen LogP contribution is -2.25. The van der Waals surface area contributed by atoms with E-state index < -0.39 is 21.9 Å². The largest absolute Gasteiger partial charge is 0.477 e. The number of furan rings is 1. The van der Waals surface area contributed by atoms with Gasteiger partial charge in [0.2, 0.25) is 15.9 Å². The van der Waals surface area contributed by atoms with Crippen LogP contribution in [-0.2, 0) is 21.4 Å². The van der Waals surface area contributed by atoms with Crippen LogP contribution < -0.4 is 5.32 Å². The number of H-pyrrole nitrogens is 1. The number of sulfonamides is 1. The topological polar surface area (TPSA) is 146 Å². The van der Waals surface area contributed by atoms with E-state index in [0.717, 1.165) is 10.6 Å². The van der Waals surface area contributed by atoms with E-state index >= 15 is 0 Å². The van der Waals surface area contributed by atoms with Crippen molar-refractivity contribution in [3.05, 3.63) is 34.9 Å². The van der Waals surface area contributed by atoms with Crippen molar-refractivity contribution in [2.45, 2.75) is 18.9 Å². The fourth-order valence-electron chi connectivity index (χ4n) is 2.67. The highest BCUT2D eigenvalue weighted by molar-refractivity contribution is 7.88. The van der Waals surface area contributed by atoms with Crippen LogP contribution in [0.3, 0.4) is 0 Å². The van der Waals surface area contributed by atoms with Gasteiger partial charge in [-0.3, -0.25) is 9.89 Å². The second-order valence-corrected chi connectivity index (χ2v) is 7.88. The summed E-state index contributed by atoms with van der Waals surface area (Å²) in [5.74, 6) is -1.21. The third kappa shape index (κ3) is 3.28. The van der Waals surface area contributed by atoms with Crippen LogP contribution in [0.1, 0.15) is 39.9 Å². The molecule has 0 aromatic carbocycles. The summed E-state index contributed by atoms with van der Waals surface area (Å²) in [4.78, 5) is 23.2. The fraction of sp³-hybridized carbons (Fsp3) is 0.357. The van der Waals surface area contributed by atoms with Crippen molar-refractivity contribution in [1.82, 2.24) is 14.5 Å². The van der Waals surface area contributed by atoms with Gasteiger partial charge in [-0.1, -0.05) is 0 Å². The Labute approximate surface area is 142 Å². The van der Waals surface area contributed by atoms with Crippen molar-refractivity contribution >= 4 is 27.7 Å². The highest BCUT2D eigenvalue weighted by Crippen LogP contribution is 2.38. The Morgan fingerprint density at radius 1 is 1.48 bits per heavy atom. The zero-order valence-electron chi connectivity index (χ0n) is 13.4. The van der Waals surface area contributed by atoms with Gasteiger partial charge in [0.15, 0.2) is 5.82 Å². The SMILES string of the molecule is CN(Cc1ccc(C2CC(=O)Nc3n[nH]c(C(=O)O)c32)o1)S(C)(=O)=O. The van der Waals surface area contributed by atoms with Crippen LogP contribution in [0.5, 0.6) is 0 Å². The normalized spacial score (nSPS) is 17.4. The number of amides is 1. The predicted octanol–water partition coefficient (Wildman–Crippen LogP) is 0.566. The zero-order valence-corrected chi connectivity index (χ0v) is 14.3.